The van der Waals surface area contributed by atoms with Gasteiger partial charge in [0, 0.05) is 12.1 Å². The third kappa shape index (κ3) is 4.14. The van der Waals surface area contributed by atoms with Gasteiger partial charge >= 0.3 is 0 Å². The number of hydrogen-bond donors (Lipinski definition) is 1. The minimum Gasteiger partial charge on any atom is -0.242 e. The zero-order valence-electron chi connectivity index (χ0n) is 11.1. The topological polar surface area (TPSA) is 29.1 Å². The highest BCUT2D eigenvalue weighted by molar-refractivity contribution is 7.84. The van der Waals surface area contributed by atoms with Crippen LogP contribution in [-0.2, 0) is 11.0 Å². The van der Waals surface area contributed by atoms with Crippen molar-refractivity contribution in [3.05, 3.63) is 35.4 Å². The van der Waals surface area contributed by atoms with Crippen LogP contribution in [-0.4, -0.2) is 8.96 Å². The van der Waals surface area contributed by atoms with Crippen LogP contribution in [0.3, 0.4) is 0 Å². The van der Waals surface area contributed by atoms with Crippen molar-refractivity contribution in [1.29, 1.82) is 0 Å². The van der Waals surface area contributed by atoms with Gasteiger partial charge < -0.3 is 0 Å². The van der Waals surface area contributed by atoms with Gasteiger partial charge in [-0.3, -0.25) is 0 Å². The molecule has 18 heavy (non-hydrogen) atoms. The molecule has 0 saturated heterocycles. The van der Waals surface area contributed by atoms with Crippen LogP contribution in [0.4, 0.5) is 8.78 Å². The zero-order valence-corrected chi connectivity index (χ0v) is 11.9. The maximum Gasteiger partial charge on any atom is 0.126 e. The van der Waals surface area contributed by atoms with Gasteiger partial charge in [0.25, 0.3) is 0 Å². The highest BCUT2D eigenvalue weighted by atomic mass is 32.2. The molecule has 1 unspecified atom stereocenters. The van der Waals surface area contributed by atoms with Gasteiger partial charge in [0.2, 0.25) is 0 Å². The SMILES string of the molecule is CC[C@H](NS(=O)C(C)(C)C)c1cc(F)cc(F)c1. The molecule has 0 spiro atoms. The fourth-order valence-corrected chi connectivity index (χ4v) is 2.38. The third-order valence-electron chi connectivity index (χ3n) is 2.50. The summed E-state index contributed by atoms with van der Waals surface area (Å²) in [6.07, 6.45) is 0.602. The average Bonchev–Trinajstić information content (AvgIpc) is 2.22. The summed E-state index contributed by atoms with van der Waals surface area (Å²) in [5.74, 6) is -1.24. The molecule has 0 amide bonds. The highest BCUT2D eigenvalue weighted by Gasteiger charge is 2.23. The molecular formula is C13H19F2NOS. The van der Waals surface area contributed by atoms with Crippen LogP contribution >= 0.6 is 0 Å². The molecule has 1 N–H and O–H groups in total. The van der Waals surface area contributed by atoms with E-state index in [0.717, 1.165) is 6.07 Å². The van der Waals surface area contributed by atoms with Gasteiger partial charge in [-0.05, 0) is 44.9 Å². The van der Waals surface area contributed by atoms with Gasteiger partial charge in [0.05, 0.1) is 15.7 Å². The molecule has 2 nitrogen and oxygen atoms in total. The van der Waals surface area contributed by atoms with Crippen molar-refractivity contribution in [2.45, 2.75) is 44.9 Å². The predicted molar refractivity (Wildman–Crippen MR) is 70.4 cm³/mol. The Kier molecular flexibility index (Phi) is 4.99. The quantitative estimate of drug-likeness (QED) is 0.895. The van der Waals surface area contributed by atoms with Crippen molar-refractivity contribution in [1.82, 2.24) is 4.72 Å². The van der Waals surface area contributed by atoms with Crippen molar-refractivity contribution in [2.24, 2.45) is 0 Å². The van der Waals surface area contributed by atoms with Crippen LogP contribution in [0.25, 0.3) is 0 Å². The highest BCUT2D eigenvalue weighted by Crippen LogP contribution is 2.21. The fourth-order valence-electron chi connectivity index (χ4n) is 1.47. The lowest BCUT2D eigenvalue weighted by Gasteiger charge is -2.23. The molecule has 0 heterocycles. The molecule has 0 aliphatic heterocycles. The van der Waals surface area contributed by atoms with Crippen molar-refractivity contribution >= 4 is 11.0 Å². The molecule has 0 aliphatic rings. The second-order valence-corrected chi connectivity index (χ2v) is 7.16. The molecule has 0 aromatic heterocycles. The van der Waals surface area contributed by atoms with E-state index in [2.05, 4.69) is 4.72 Å². The lowest BCUT2D eigenvalue weighted by molar-refractivity contribution is 0.557. The first-order valence-corrected chi connectivity index (χ1v) is 7.03. The Balaban J connectivity index is 2.93. The molecule has 1 rings (SSSR count). The lowest BCUT2D eigenvalue weighted by atomic mass is 10.1. The summed E-state index contributed by atoms with van der Waals surface area (Å²) in [4.78, 5) is 0. The molecule has 5 heteroatoms. The van der Waals surface area contributed by atoms with Gasteiger partial charge in [0.15, 0.2) is 0 Å². The van der Waals surface area contributed by atoms with Crippen LogP contribution in [0.5, 0.6) is 0 Å². The zero-order chi connectivity index (χ0) is 13.9. The minimum absolute atomic E-state index is 0.324. The second-order valence-electron chi connectivity index (χ2n) is 5.16. The van der Waals surface area contributed by atoms with E-state index in [1.54, 1.807) is 0 Å². The normalized spacial score (nSPS) is 15.4. The number of benzene rings is 1. The molecule has 2 atom stereocenters. The van der Waals surface area contributed by atoms with E-state index in [1.165, 1.54) is 12.1 Å². The molecule has 0 radical (unpaired) electrons. The predicted octanol–water partition coefficient (Wildman–Crippen LogP) is 3.47. The van der Waals surface area contributed by atoms with Crippen molar-refractivity contribution in [2.75, 3.05) is 0 Å². The second kappa shape index (κ2) is 5.89. The summed E-state index contributed by atoms with van der Waals surface area (Å²) in [5.41, 5.74) is 0.479. The van der Waals surface area contributed by atoms with Crippen LogP contribution in [0.15, 0.2) is 18.2 Å². The molecule has 1 aromatic carbocycles. The number of nitrogens with one attached hydrogen (secondary N) is 1. The average molecular weight is 275 g/mol. The smallest absolute Gasteiger partial charge is 0.126 e. The maximum atomic E-state index is 13.2. The first-order valence-electron chi connectivity index (χ1n) is 5.88. The van der Waals surface area contributed by atoms with E-state index < -0.39 is 27.4 Å². The van der Waals surface area contributed by atoms with Gasteiger partial charge in [-0.25, -0.2) is 17.7 Å². The monoisotopic (exact) mass is 275 g/mol. The van der Waals surface area contributed by atoms with E-state index in [1.807, 2.05) is 27.7 Å². The number of rotatable bonds is 4. The van der Waals surface area contributed by atoms with Crippen molar-refractivity contribution in [3.8, 4) is 0 Å². The largest absolute Gasteiger partial charge is 0.242 e. The lowest BCUT2D eigenvalue weighted by Crippen LogP contribution is -2.35. The first-order chi connectivity index (χ1) is 8.24. The fraction of sp³-hybridized carbons (Fsp3) is 0.538. The Morgan fingerprint density at radius 3 is 2.11 bits per heavy atom. The van der Waals surface area contributed by atoms with Gasteiger partial charge in [0.1, 0.15) is 11.6 Å². The van der Waals surface area contributed by atoms with Crippen LogP contribution in [0.2, 0.25) is 0 Å². The van der Waals surface area contributed by atoms with Crippen molar-refractivity contribution < 1.29 is 13.0 Å². The van der Waals surface area contributed by atoms with Crippen molar-refractivity contribution in [3.63, 3.8) is 0 Å². The minimum atomic E-state index is -1.28. The van der Waals surface area contributed by atoms with Crippen LogP contribution in [0, 0.1) is 11.6 Å². The summed E-state index contributed by atoms with van der Waals surface area (Å²) in [6.45, 7) is 7.40. The Labute approximate surface area is 109 Å². The van der Waals surface area contributed by atoms with E-state index in [0.29, 0.717) is 12.0 Å². The summed E-state index contributed by atoms with van der Waals surface area (Å²) < 4.78 is 40.8. The van der Waals surface area contributed by atoms with Crippen LogP contribution in [0.1, 0.15) is 45.7 Å². The molecule has 0 saturated carbocycles. The Morgan fingerprint density at radius 1 is 1.22 bits per heavy atom. The van der Waals surface area contributed by atoms with Gasteiger partial charge in [-0.1, -0.05) is 6.92 Å². The van der Waals surface area contributed by atoms with E-state index in [4.69, 9.17) is 0 Å². The Bertz CT molecular complexity index is 423. The molecule has 0 fully saturated rings. The first kappa shape index (κ1) is 15.2. The summed E-state index contributed by atoms with van der Waals surface area (Å²) >= 11 is 0. The standard InChI is InChI=1S/C13H19F2NOS/c1-5-12(16-18(17)13(2,3)4)9-6-10(14)8-11(15)7-9/h6-8,12,16H,5H2,1-4H3/t12-,18?/m0/s1. The number of hydrogen-bond acceptors (Lipinski definition) is 1. The summed E-state index contributed by atoms with van der Waals surface area (Å²) in [5, 5.41) is 0. The number of halogens is 2. The van der Waals surface area contributed by atoms with E-state index in [-0.39, 0.29) is 6.04 Å². The molecule has 102 valence electrons. The molecule has 1 aromatic rings. The summed E-state index contributed by atoms with van der Waals surface area (Å²) in [6, 6.07) is 3.04. The van der Waals surface area contributed by atoms with Gasteiger partial charge in [-0.15, -0.1) is 0 Å². The van der Waals surface area contributed by atoms with E-state index >= 15 is 0 Å². The van der Waals surface area contributed by atoms with Crippen LogP contribution < -0.4 is 4.72 Å². The third-order valence-corrected chi connectivity index (χ3v) is 4.11. The molecule has 0 bridgehead atoms. The summed E-state index contributed by atoms with van der Waals surface area (Å²) in [7, 11) is -1.28. The Hall–Kier alpha value is -0.810. The molecule has 0 aliphatic carbocycles. The van der Waals surface area contributed by atoms with E-state index in [9.17, 15) is 13.0 Å². The Morgan fingerprint density at radius 2 is 1.72 bits per heavy atom. The maximum absolute atomic E-state index is 13.2. The van der Waals surface area contributed by atoms with Gasteiger partial charge in [-0.2, -0.15) is 0 Å². The molecular weight excluding hydrogens is 256 g/mol.